The number of aromatic nitrogens is 4. The Balaban J connectivity index is 1.85. The van der Waals surface area contributed by atoms with Crippen molar-refractivity contribution in [2.45, 2.75) is 39.3 Å². The Hall–Kier alpha value is -3.41. The van der Waals surface area contributed by atoms with Gasteiger partial charge in [-0.15, -0.1) is 0 Å². The molecule has 0 bridgehead atoms. The molecule has 0 aliphatic heterocycles. The lowest BCUT2D eigenvalue weighted by atomic mass is 10.1. The molecule has 0 saturated heterocycles. The number of aryl methyl sites for hydroxylation is 1. The lowest BCUT2D eigenvalue weighted by molar-refractivity contribution is 0.664. The van der Waals surface area contributed by atoms with Crippen molar-refractivity contribution in [1.29, 1.82) is 0 Å². The molecule has 0 atom stereocenters. The number of nitrogens with one attached hydrogen (secondary N) is 1. The summed E-state index contributed by atoms with van der Waals surface area (Å²) in [6.45, 7) is 2.90. The van der Waals surface area contributed by atoms with Crippen molar-refractivity contribution < 1.29 is 0 Å². The predicted octanol–water partition coefficient (Wildman–Crippen LogP) is 3.33. The molecule has 6 nitrogen and oxygen atoms in total. The molecule has 0 aliphatic rings. The Morgan fingerprint density at radius 1 is 1.00 bits per heavy atom. The maximum absolute atomic E-state index is 13.2. The molecule has 0 unspecified atom stereocenters. The molecule has 6 heteroatoms. The molecule has 148 valence electrons. The summed E-state index contributed by atoms with van der Waals surface area (Å²) in [6.07, 6.45) is 4.28. The standard InChI is InChI=1S/C23H24N4O2/c1-2-3-12-20-22-19(14-21(28)26(20)16-18-11-7-8-13-24-18)25-27(23(22)29)15-17-9-5-4-6-10-17/h4-11,13-14,25H,2-3,12,15-16H2,1H3. The van der Waals surface area contributed by atoms with Gasteiger partial charge in [0.15, 0.2) is 0 Å². The van der Waals surface area contributed by atoms with E-state index in [4.69, 9.17) is 0 Å². The van der Waals surface area contributed by atoms with E-state index in [0.717, 1.165) is 29.8 Å². The van der Waals surface area contributed by atoms with E-state index >= 15 is 0 Å². The summed E-state index contributed by atoms with van der Waals surface area (Å²) in [5.74, 6) is 0. The highest BCUT2D eigenvalue weighted by molar-refractivity contribution is 5.80. The second-order valence-corrected chi connectivity index (χ2v) is 7.22. The Morgan fingerprint density at radius 2 is 1.79 bits per heavy atom. The van der Waals surface area contributed by atoms with Gasteiger partial charge in [0, 0.05) is 18.0 Å². The van der Waals surface area contributed by atoms with Gasteiger partial charge in [-0.3, -0.25) is 19.7 Å². The first-order valence-corrected chi connectivity index (χ1v) is 9.96. The molecule has 0 fully saturated rings. The average molecular weight is 388 g/mol. The SMILES string of the molecule is CCCCc1c2c(=O)n(Cc3ccccc3)[nH]c2cc(=O)n1Cc1ccccn1. The van der Waals surface area contributed by atoms with E-state index in [1.54, 1.807) is 15.4 Å². The van der Waals surface area contributed by atoms with Crippen LogP contribution in [0.3, 0.4) is 0 Å². The smallest absolute Gasteiger partial charge is 0.276 e. The summed E-state index contributed by atoms with van der Waals surface area (Å²) >= 11 is 0. The first-order valence-electron chi connectivity index (χ1n) is 9.96. The number of H-pyrrole nitrogens is 1. The molecule has 4 aromatic rings. The molecule has 1 N–H and O–H groups in total. The van der Waals surface area contributed by atoms with E-state index in [9.17, 15) is 9.59 Å². The van der Waals surface area contributed by atoms with Gasteiger partial charge in [-0.2, -0.15) is 0 Å². The number of fused-ring (bicyclic) bond motifs is 1. The van der Waals surface area contributed by atoms with Crippen LogP contribution in [0.1, 0.15) is 36.7 Å². The van der Waals surface area contributed by atoms with E-state index in [1.807, 2.05) is 48.5 Å². The molecule has 0 radical (unpaired) electrons. The van der Waals surface area contributed by atoms with Crippen LogP contribution in [-0.4, -0.2) is 19.3 Å². The number of nitrogens with zero attached hydrogens (tertiary/aromatic N) is 3. The number of unbranched alkanes of at least 4 members (excludes halogenated alkanes) is 1. The lowest BCUT2D eigenvalue weighted by Gasteiger charge is -2.13. The first-order chi connectivity index (χ1) is 14.2. The Kier molecular flexibility index (Phi) is 5.42. The molecule has 0 spiro atoms. The van der Waals surface area contributed by atoms with Gasteiger partial charge >= 0.3 is 0 Å². The van der Waals surface area contributed by atoms with Crippen LogP contribution < -0.4 is 11.1 Å². The Bertz CT molecular complexity index is 1220. The molecule has 4 rings (SSSR count). The Labute approximate surface area is 168 Å². The van der Waals surface area contributed by atoms with Gasteiger partial charge in [0.05, 0.1) is 29.7 Å². The van der Waals surface area contributed by atoms with Crippen LogP contribution in [0, 0.1) is 0 Å². The van der Waals surface area contributed by atoms with E-state index in [1.165, 1.54) is 6.07 Å². The molecule has 3 heterocycles. The van der Waals surface area contributed by atoms with E-state index in [0.29, 0.717) is 30.4 Å². The highest BCUT2D eigenvalue weighted by Gasteiger charge is 2.17. The fourth-order valence-corrected chi connectivity index (χ4v) is 3.66. The lowest BCUT2D eigenvalue weighted by Crippen LogP contribution is -2.26. The van der Waals surface area contributed by atoms with Crippen molar-refractivity contribution in [3.8, 4) is 0 Å². The number of pyridine rings is 2. The van der Waals surface area contributed by atoms with Crippen molar-refractivity contribution in [2.75, 3.05) is 0 Å². The van der Waals surface area contributed by atoms with Crippen molar-refractivity contribution in [3.05, 3.63) is 98.5 Å². The molecule has 0 amide bonds. The van der Waals surface area contributed by atoms with Crippen molar-refractivity contribution in [2.24, 2.45) is 0 Å². The number of hydrogen-bond donors (Lipinski definition) is 1. The molecule has 29 heavy (non-hydrogen) atoms. The van der Waals surface area contributed by atoms with Gasteiger partial charge < -0.3 is 4.57 Å². The van der Waals surface area contributed by atoms with Crippen LogP contribution in [-0.2, 0) is 19.5 Å². The minimum Gasteiger partial charge on any atom is -0.306 e. The maximum atomic E-state index is 13.2. The third-order valence-corrected chi connectivity index (χ3v) is 5.13. The summed E-state index contributed by atoms with van der Waals surface area (Å²) in [7, 11) is 0. The first kappa shape index (κ1) is 18.9. The largest absolute Gasteiger partial charge is 0.306 e. The van der Waals surface area contributed by atoms with Crippen LogP contribution in [0.25, 0.3) is 10.9 Å². The quantitative estimate of drug-likeness (QED) is 0.528. The average Bonchev–Trinajstić information content (AvgIpc) is 3.04. The van der Waals surface area contributed by atoms with Crippen LogP contribution in [0.2, 0.25) is 0 Å². The number of aromatic amines is 1. The van der Waals surface area contributed by atoms with Gasteiger partial charge in [-0.05, 0) is 30.5 Å². The second kappa shape index (κ2) is 8.31. The van der Waals surface area contributed by atoms with Gasteiger partial charge in [-0.25, -0.2) is 4.68 Å². The summed E-state index contributed by atoms with van der Waals surface area (Å²) in [5, 5.41) is 3.74. The Morgan fingerprint density at radius 3 is 2.52 bits per heavy atom. The van der Waals surface area contributed by atoms with E-state index in [2.05, 4.69) is 17.0 Å². The summed E-state index contributed by atoms with van der Waals surface area (Å²) in [4.78, 5) is 30.5. The van der Waals surface area contributed by atoms with E-state index < -0.39 is 0 Å². The normalized spacial score (nSPS) is 11.2. The van der Waals surface area contributed by atoms with Crippen LogP contribution in [0.5, 0.6) is 0 Å². The molecular weight excluding hydrogens is 364 g/mol. The van der Waals surface area contributed by atoms with Crippen molar-refractivity contribution in [1.82, 2.24) is 19.3 Å². The summed E-state index contributed by atoms with van der Waals surface area (Å²) < 4.78 is 3.28. The van der Waals surface area contributed by atoms with Crippen LogP contribution in [0.15, 0.2) is 70.4 Å². The maximum Gasteiger partial charge on any atom is 0.276 e. The van der Waals surface area contributed by atoms with Gasteiger partial charge in [0.1, 0.15) is 0 Å². The monoisotopic (exact) mass is 388 g/mol. The highest BCUT2D eigenvalue weighted by atomic mass is 16.1. The van der Waals surface area contributed by atoms with Gasteiger partial charge in [-0.1, -0.05) is 49.7 Å². The summed E-state index contributed by atoms with van der Waals surface area (Å²) in [6, 6.07) is 17.0. The minimum absolute atomic E-state index is 0.0928. The van der Waals surface area contributed by atoms with Gasteiger partial charge in [0.2, 0.25) is 0 Å². The molecular formula is C23H24N4O2. The fraction of sp³-hybridized carbons (Fsp3) is 0.261. The topological polar surface area (TPSA) is 72.7 Å². The number of rotatable bonds is 7. The van der Waals surface area contributed by atoms with Gasteiger partial charge in [0.25, 0.3) is 11.1 Å². The third kappa shape index (κ3) is 3.92. The molecule has 3 aromatic heterocycles. The van der Waals surface area contributed by atoms with Crippen molar-refractivity contribution in [3.63, 3.8) is 0 Å². The fourth-order valence-electron chi connectivity index (χ4n) is 3.66. The number of benzene rings is 1. The van der Waals surface area contributed by atoms with Crippen molar-refractivity contribution >= 4 is 10.9 Å². The second-order valence-electron chi connectivity index (χ2n) is 7.22. The number of hydrogen-bond acceptors (Lipinski definition) is 3. The zero-order valence-electron chi connectivity index (χ0n) is 16.5. The molecule has 1 aromatic carbocycles. The highest BCUT2D eigenvalue weighted by Crippen LogP contribution is 2.16. The summed E-state index contributed by atoms with van der Waals surface area (Å²) in [5.41, 5.74) is 2.99. The minimum atomic E-state index is -0.123. The zero-order valence-corrected chi connectivity index (χ0v) is 16.5. The molecule has 0 aliphatic carbocycles. The van der Waals surface area contributed by atoms with E-state index in [-0.39, 0.29) is 11.1 Å². The van der Waals surface area contributed by atoms with Crippen LogP contribution in [0.4, 0.5) is 0 Å². The zero-order chi connectivity index (χ0) is 20.2. The van der Waals surface area contributed by atoms with Crippen LogP contribution >= 0.6 is 0 Å². The molecule has 0 saturated carbocycles. The predicted molar refractivity (Wildman–Crippen MR) is 114 cm³/mol. The third-order valence-electron chi connectivity index (χ3n) is 5.13.